The van der Waals surface area contributed by atoms with Crippen LogP contribution >= 0.6 is 0 Å². The lowest BCUT2D eigenvalue weighted by Gasteiger charge is -2.29. The summed E-state index contributed by atoms with van der Waals surface area (Å²) in [6.45, 7) is 11.3. The molecule has 0 aliphatic carbocycles. The molecule has 1 aromatic carbocycles. The van der Waals surface area contributed by atoms with Crippen LogP contribution in [0.15, 0.2) is 24.3 Å². The lowest BCUT2D eigenvalue weighted by Crippen LogP contribution is -2.32. The van der Waals surface area contributed by atoms with Gasteiger partial charge in [-0.15, -0.1) is 0 Å². The van der Waals surface area contributed by atoms with Crippen LogP contribution in [0.25, 0.3) is 0 Å². The molecule has 0 atom stereocenters. The molecule has 1 aliphatic rings. The van der Waals surface area contributed by atoms with Gasteiger partial charge in [-0.25, -0.2) is 0 Å². The highest BCUT2D eigenvalue weighted by atomic mass is 15.1. The van der Waals surface area contributed by atoms with E-state index in [2.05, 4.69) is 60.3 Å². The minimum absolute atomic E-state index is 0.827. The summed E-state index contributed by atoms with van der Waals surface area (Å²) < 4.78 is 0. The molecule has 3 heteroatoms. The van der Waals surface area contributed by atoms with Gasteiger partial charge >= 0.3 is 0 Å². The monoisotopic (exact) mass is 289 g/mol. The van der Waals surface area contributed by atoms with Crippen molar-refractivity contribution >= 4 is 5.69 Å². The fraction of sp³-hybridized carbons (Fsp3) is 0.667. The molecule has 1 heterocycles. The number of hydrogen-bond donors (Lipinski definition) is 1. The minimum Gasteiger partial charge on any atom is -0.385 e. The Bertz CT molecular complexity index is 407. The maximum atomic E-state index is 3.64. The van der Waals surface area contributed by atoms with E-state index in [-0.39, 0.29) is 0 Å². The van der Waals surface area contributed by atoms with Gasteiger partial charge in [0.05, 0.1) is 0 Å². The first-order chi connectivity index (χ1) is 10.2. The van der Waals surface area contributed by atoms with Gasteiger partial charge in [-0.1, -0.05) is 26.0 Å². The second kappa shape index (κ2) is 8.40. The van der Waals surface area contributed by atoms with Gasteiger partial charge in [0.15, 0.2) is 0 Å². The number of nitrogens with one attached hydrogen (secondary N) is 1. The van der Waals surface area contributed by atoms with Crippen molar-refractivity contribution in [2.45, 2.75) is 33.2 Å². The smallest absolute Gasteiger partial charge is 0.0343 e. The molecule has 2 rings (SSSR count). The number of benzene rings is 1. The topological polar surface area (TPSA) is 18.5 Å². The Labute approximate surface area is 130 Å². The normalized spacial score (nSPS) is 17.3. The molecule has 0 bridgehead atoms. The van der Waals surface area contributed by atoms with Crippen LogP contribution in [-0.4, -0.2) is 49.6 Å². The van der Waals surface area contributed by atoms with E-state index in [1.165, 1.54) is 37.2 Å². The molecule has 3 nitrogen and oxygen atoms in total. The predicted molar refractivity (Wildman–Crippen MR) is 91.8 cm³/mol. The molecule has 1 aromatic rings. The van der Waals surface area contributed by atoms with Crippen molar-refractivity contribution < 1.29 is 0 Å². The summed E-state index contributed by atoms with van der Waals surface area (Å²) in [6.07, 6.45) is 2.64. The summed E-state index contributed by atoms with van der Waals surface area (Å²) in [7, 11) is 2.22. The second-order valence-electron chi connectivity index (χ2n) is 6.29. The Hall–Kier alpha value is -1.06. The standard InChI is InChI=1S/C18H31N3/c1-4-21(5-2)15-17-7-6-8-18(13-17)19-14-16-9-11-20(3)12-10-16/h6-8,13,16,19H,4-5,9-12,14-15H2,1-3H3. The quantitative estimate of drug-likeness (QED) is 0.831. The van der Waals surface area contributed by atoms with Crippen molar-refractivity contribution in [2.24, 2.45) is 5.92 Å². The molecule has 0 radical (unpaired) electrons. The Balaban J connectivity index is 1.83. The molecule has 21 heavy (non-hydrogen) atoms. The number of rotatable bonds is 7. The van der Waals surface area contributed by atoms with Gasteiger partial charge in [0, 0.05) is 18.8 Å². The summed E-state index contributed by atoms with van der Waals surface area (Å²) in [5.74, 6) is 0.827. The first-order valence-corrected chi connectivity index (χ1v) is 8.45. The van der Waals surface area contributed by atoms with Crippen LogP contribution < -0.4 is 5.32 Å². The number of nitrogens with zero attached hydrogens (tertiary/aromatic N) is 2. The molecule has 0 saturated carbocycles. The molecule has 0 unspecified atom stereocenters. The summed E-state index contributed by atoms with van der Waals surface area (Å²) in [5.41, 5.74) is 2.69. The van der Waals surface area contributed by atoms with Crippen LogP contribution in [-0.2, 0) is 6.54 Å². The van der Waals surface area contributed by atoms with Crippen LogP contribution in [0.3, 0.4) is 0 Å². The molecule has 1 saturated heterocycles. The third-order valence-corrected chi connectivity index (χ3v) is 4.66. The number of piperidine rings is 1. The van der Waals surface area contributed by atoms with Gasteiger partial charge in [0.25, 0.3) is 0 Å². The molecule has 0 spiro atoms. The Kier molecular flexibility index (Phi) is 6.52. The Morgan fingerprint density at radius 3 is 2.57 bits per heavy atom. The summed E-state index contributed by atoms with van der Waals surface area (Å²) in [4.78, 5) is 4.89. The van der Waals surface area contributed by atoms with Gasteiger partial charge in [-0.3, -0.25) is 4.90 Å². The van der Waals surface area contributed by atoms with E-state index in [0.29, 0.717) is 0 Å². The zero-order valence-corrected chi connectivity index (χ0v) is 13.9. The Morgan fingerprint density at radius 1 is 1.19 bits per heavy atom. The van der Waals surface area contributed by atoms with Crippen LogP contribution in [0.4, 0.5) is 5.69 Å². The first-order valence-electron chi connectivity index (χ1n) is 8.45. The molecular formula is C18H31N3. The molecule has 0 aromatic heterocycles. The van der Waals surface area contributed by atoms with E-state index < -0.39 is 0 Å². The lowest BCUT2D eigenvalue weighted by molar-refractivity contribution is 0.226. The molecule has 118 valence electrons. The van der Waals surface area contributed by atoms with Gasteiger partial charge in [0.2, 0.25) is 0 Å². The highest BCUT2D eigenvalue weighted by Crippen LogP contribution is 2.18. The summed E-state index contributed by atoms with van der Waals surface area (Å²) in [6, 6.07) is 8.92. The molecule has 0 amide bonds. The van der Waals surface area contributed by atoms with Crippen molar-refractivity contribution in [3.63, 3.8) is 0 Å². The van der Waals surface area contributed by atoms with Crippen molar-refractivity contribution in [2.75, 3.05) is 45.1 Å². The minimum atomic E-state index is 0.827. The summed E-state index contributed by atoms with van der Waals surface area (Å²) in [5, 5.41) is 3.64. The van der Waals surface area contributed by atoms with E-state index in [4.69, 9.17) is 0 Å². The maximum absolute atomic E-state index is 3.64. The predicted octanol–water partition coefficient (Wildman–Crippen LogP) is 3.28. The van der Waals surface area contributed by atoms with E-state index in [0.717, 1.165) is 32.1 Å². The van der Waals surface area contributed by atoms with E-state index >= 15 is 0 Å². The number of likely N-dealkylation sites (tertiary alicyclic amines) is 1. The van der Waals surface area contributed by atoms with Gasteiger partial charge in [-0.05, 0) is 69.7 Å². The fourth-order valence-corrected chi connectivity index (χ4v) is 3.01. The molecular weight excluding hydrogens is 258 g/mol. The average molecular weight is 289 g/mol. The molecule has 1 fully saturated rings. The third kappa shape index (κ3) is 5.33. The van der Waals surface area contributed by atoms with Crippen LogP contribution in [0.1, 0.15) is 32.3 Å². The van der Waals surface area contributed by atoms with E-state index in [1.807, 2.05) is 0 Å². The lowest BCUT2D eigenvalue weighted by atomic mass is 9.97. The van der Waals surface area contributed by atoms with E-state index in [1.54, 1.807) is 0 Å². The van der Waals surface area contributed by atoms with Crippen LogP contribution in [0.5, 0.6) is 0 Å². The Morgan fingerprint density at radius 2 is 1.90 bits per heavy atom. The van der Waals surface area contributed by atoms with Gasteiger partial charge < -0.3 is 10.2 Å². The van der Waals surface area contributed by atoms with Crippen molar-refractivity contribution in [1.29, 1.82) is 0 Å². The maximum Gasteiger partial charge on any atom is 0.0343 e. The number of anilines is 1. The third-order valence-electron chi connectivity index (χ3n) is 4.66. The second-order valence-corrected chi connectivity index (χ2v) is 6.29. The van der Waals surface area contributed by atoms with Crippen molar-refractivity contribution in [3.8, 4) is 0 Å². The summed E-state index contributed by atoms with van der Waals surface area (Å²) >= 11 is 0. The fourth-order valence-electron chi connectivity index (χ4n) is 3.01. The van der Waals surface area contributed by atoms with Gasteiger partial charge in [0.1, 0.15) is 0 Å². The highest BCUT2D eigenvalue weighted by molar-refractivity contribution is 5.45. The van der Waals surface area contributed by atoms with Crippen LogP contribution in [0.2, 0.25) is 0 Å². The first kappa shape index (κ1) is 16.3. The van der Waals surface area contributed by atoms with Crippen molar-refractivity contribution in [3.05, 3.63) is 29.8 Å². The number of hydrogen-bond acceptors (Lipinski definition) is 3. The SMILES string of the molecule is CCN(CC)Cc1cccc(NCC2CCN(C)CC2)c1. The van der Waals surface area contributed by atoms with Gasteiger partial charge in [-0.2, -0.15) is 0 Å². The van der Waals surface area contributed by atoms with Crippen LogP contribution in [0, 0.1) is 5.92 Å². The zero-order valence-electron chi connectivity index (χ0n) is 13.9. The molecule has 1 N–H and O–H groups in total. The zero-order chi connectivity index (χ0) is 15.1. The average Bonchev–Trinajstić information content (AvgIpc) is 2.52. The molecule has 1 aliphatic heterocycles. The largest absolute Gasteiger partial charge is 0.385 e. The van der Waals surface area contributed by atoms with E-state index in [9.17, 15) is 0 Å². The van der Waals surface area contributed by atoms with Crippen molar-refractivity contribution in [1.82, 2.24) is 9.80 Å². The highest BCUT2D eigenvalue weighted by Gasteiger charge is 2.16.